The van der Waals surface area contributed by atoms with Crippen molar-refractivity contribution in [3.8, 4) is 0 Å². The highest BCUT2D eigenvalue weighted by atomic mass is 35.5. The second-order valence-corrected chi connectivity index (χ2v) is 4.37. The van der Waals surface area contributed by atoms with Crippen LogP contribution >= 0.6 is 11.6 Å². The van der Waals surface area contributed by atoms with Crippen LogP contribution in [0, 0.1) is 0 Å². The van der Waals surface area contributed by atoms with Gasteiger partial charge < -0.3 is 10.3 Å². The average molecular weight is 260 g/mol. The summed E-state index contributed by atoms with van der Waals surface area (Å²) < 4.78 is 1.91. The van der Waals surface area contributed by atoms with Crippen molar-refractivity contribution < 1.29 is 0 Å². The fraction of sp³-hybridized carbons (Fsp3) is 0.0833. The van der Waals surface area contributed by atoms with Crippen LogP contribution in [0.2, 0.25) is 5.02 Å². The van der Waals surface area contributed by atoms with Gasteiger partial charge in [-0.1, -0.05) is 23.7 Å². The highest BCUT2D eigenvalue weighted by Crippen LogP contribution is 2.18. The summed E-state index contributed by atoms with van der Waals surface area (Å²) in [6.07, 6.45) is 3.12. The molecular weight excluding hydrogens is 250 g/mol. The number of halogens is 1. The Hall–Kier alpha value is -2.14. The molecule has 0 aliphatic heterocycles. The molecule has 0 spiro atoms. The van der Waals surface area contributed by atoms with Gasteiger partial charge in [0.25, 0.3) is 0 Å². The summed E-state index contributed by atoms with van der Waals surface area (Å²) in [6.45, 7) is 0.634. The molecular formula is C12H10ClN5. The Morgan fingerprint density at radius 2 is 2.11 bits per heavy atom. The summed E-state index contributed by atoms with van der Waals surface area (Å²) in [4.78, 5) is 12.2. The van der Waals surface area contributed by atoms with E-state index in [9.17, 15) is 0 Å². The molecule has 0 bridgehead atoms. The van der Waals surface area contributed by atoms with Gasteiger partial charge in [-0.25, -0.2) is 15.0 Å². The van der Waals surface area contributed by atoms with Gasteiger partial charge in [-0.3, -0.25) is 0 Å². The van der Waals surface area contributed by atoms with E-state index in [1.807, 2.05) is 28.8 Å². The van der Waals surface area contributed by atoms with E-state index < -0.39 is 0 Å². The predicted molar refractivity (Wildman–Crippen MR) is 70.3 cm³/mol. The zero-order valence-electron chi connectivity index (χ0n) is 9.42. The highest BCUT2D eigenvalue weighted by molar-refractivity contribution is 6.30. The SMILES string of the molecule is Nc1ncnc2ncn(Cc3cccc(Cl)c3)c12. The molecule has 0 radical (unpaired) electrons. The minimum Gasteiger partial charge on any atom is -0.382 e. The Balaban J connectivity index is 2.05. The van der Waals surface area contributed by atoms with Crippen LogP contribution in [0.25, 0.3) is 11.2 Å². The molecule has 0 amide bonds. The number of rotatable bonds is 2. The summed E-state index contributed by atoms with van der Waals surface area (Å²) in [5.74, 6) is 0.430. The maximum atomic E-state index is 5.96. The lowest BCUT2D eigenvalue weighted by molar-refractivity contribution is 0.824. The van der Waals surface area contributed by atoms with Gasteiger partial charge >= 0.3 is 0 Å². The van der Waals surface area contributed by atoms with Crippen molar-refractivity contribution in [3.63, 3.8) is 0 Å². The summed E-state index contributed by atoms with van der Waals surface area (Å²) in [7, 11) is 0. The van der Waals surface area contributed by atoms with Gasteiger partial charge in [0.1, 0.15) is 11.8 Å². The van der Waals surface area contributed by atoms with Crippen LogP contribution in [0.5, 0.6) is 0 Å². The zero-order valence-corrected chi connectivity index (χ0v) is 10.2. The van der Waals surface area contributed by atoms with E-state index in [1.165, 1.54) is 6.33 Å². The summed E-state index contributed by atoms with van der Waals surface area (Å²) in [5.41, 5.74) is 8.27. The molecule has 0 aliphatic carbocycles. The number of hydrogen-bond acceptors (Lipinski definition) is 4. The molecule has 3 rings (SSSR count). The number of nitrogens with two attached hydrogens (primary N) is 1. The van der Waals surface area contributed by atoms with E-state index in [4.69, 9.17) is 17.3 Å². The van der Waals surface area contributed by atoms with E-state index in [-0.39, 0.29) is 0 Å². The van der Waals surface area contributed by atoms with Crippen LogP contribution < -0.4 is 5.73 Å². The third kappa shape index (κ3) is 1.89. The van der Waals surface area contributed by atoms with Crippen molar-refractivity contribution in [1.29, 1.82) is 0 Å². The molecule has 3 aromatic rings. The fourth-order valence-electron chi connectivity index (χ4n) is 1.89. The van der Waals surface area contributed by atoms with Gasteiger partial charge in [-0.2, -0.15) is 0 Å². The molecule has 0 saturated carbocycles. The number of benzene rings is 1. The molecule has 2 N–H and O–H groups in total. The maximum absolute atomic E-state index is 5.96. The first-order valence-electron chi connectivity index (χ1n) is 5.40. The van der Waals surface area contributed by atoms with Crippen molar-refractivity contribution in [3.05, 3.63) is 47.5 Å². The monoisotopic (exact) mass is 259 g/mol. The van der Waals surface area contributed by atoms with E-state index >= 15 is 0 Å². The van der Waals surface area contributed by atoms with Gasteiger partial charge in [-0.15, -0.1) is 0 Å². The first kappa shape index (κ1) is 11.0. The van der Waals surface area contributed by atoms with Crippen molar-refractivity contribution in [2.45, 2.75) is 6.54 Å². The van der Waals surface area contributed by atoms with Gasteiger partial charge in [0.2, 0.25) is 0 Å². The number of nitrogens with zero attached hydrogens (tertiary/aromatic N) is 4. The molecule has 18 heavy (non-hydrogen) atoms. The van der Waals surface area contributed by atoms with Crippen LogP contribution in [0.4, 0.5) is 5.82 Å². The molecule has 0 atom stereocenters. The second-order valence-electron chi connectivity index (χ2n) is 3.93. The first-order valence-corrected chi connectivity index (χ1v) is 5.77. The Labute approximate surface area is 108 Å². The van der Waals surface area contributed by atoms with Crippen LogP contribution in [0.15, 0.2) is 36.9 Å². The zero-order chi connectivity index (χ0) is 12.5. The largest absolute Gasteiger partial charge is 0.382 e. The number of aromatic nitrogens is 4. The minimum atomic E-state index is 0.430. The first-order chi connectivity index (χ1) is 8.74. The molecule has 0 fully saturated rings. The van der Waals surface area contributed by atoms with Crippen molar-refractivity contribution in [2.24, 2.45) is 0 Å². The number of hydrogen-bond donors (Lipinski definition) is 1. The van der Waals surface area contributed by atoms with Crippen LogP contribution in [-0.4, -0.2) is 19.5 Å². The lowest BCUT2D eigenvalue weighted by atomic mass is 10.2. The maximum Gasteiger partial charge on any atom is 0.182 e. The lowest BCUT2D eigenvalue weighted by Gasteiger charge is -2.05. The van der Waals surface area contributed by atoms with Crippen LogP contribution in [0.1, 0.15) is 5.56 Å². The van der Waals surface area contributed by atoms with Gasteiger partial charge in [0.05, 0.1) is 6.33 Å². The third-order valence-corrected chi connectivity index (χ3v) is 2.91. The molecule has 1 aromatic carbocycles. The standard InChI is InChI=1S/C12H10ClN5/c13-9-3-1-2-8(4-9)5-18-7-17-12-10(18)11(14)15-6-16-12/h1-4,6-7H,5H2,(H2,14,15,16). The van der Waals surface area contributed by atoms with Crippen molar-refractivity contribution >= 4 is 28.6 Å². The lowest BCUT2D eigenvalue weighted by Crippen LogP contribution is -2.02. The molecule has 5 nitrogen and oxygen atoms in total. The summed E-state index contributed by atoms with van der Waals surface area (Å²) >= 11 is 5.96. The van der Waals surface area contributed by atoms with Gasteiger partial charge in [-0.05, 0) is 17.7 Å². The topological polar surface area (TPSA) is 69.6 Å². The van der Waals surface area contributed by atoms with Crippen LogP contribution in [0.3, 0.4) is 0 Å². The third-order valence-electron chi connectivity index (χ3n) is 2.68. The van der Waals surface area contributed by atoms with Gasteiger partial charge in [0.15, 0.2) is 11.5 Å². The Morgan fingerprint density at radius 3 is 2.94 bits per heavy atom. The number of nitrogen functional groups attached to an aromatic ring is 1. The summed E-state index contributed by atoms with van der Waals surface area (Å²) in [6, 6.07) is 7.66. The fourth-order valence-corrected chi connectivity index (χ4v) is 2.10. The Bertz CT molecular complexity index is 707. The second kappa shape index (κ2) is 4.27. The van der Waals surface area contributed by atoms with Crippen molar-refractivity contribution in [2.75, 3.05) is 5.73 Å². The minimum absolute atomic E-state index is 0.430. The molecule has 0 saturated heterocycles. The number of anilines is 1. The average Bonchev–Trinajstić information content (AvgIpc) is 2.74. The molecule has 0 aliphatic rings. The van der Waals surface area contributed by atoms with Crippen LogP contribution in [-0.2, 0) is 6.54 Å². The number of fused-ring (bicyclic) bond motifs is 1. The van der Waals surface area contributed by atoms with E-state index in [0.717, 1.165) is 11.1 Å². The molecule has 90 valence electrons. The number of imidazole rings is 1. The molecule has 2 heterocycles. The quantitative estimate of drug-likeness (QED) is 0.765. The molecule has 6 heteroatoms. The highest BCUT2D eigenvalue weighted by Gasteiger charge is 2.08. The molecule has 2 aromatic heterocycles. The Kier molecular flexibility index (Phi) is 2.60. The van der Waals surface area contributed by atoms with Crippen molar-refractivity contribution in [1.82, 2.24) is 19.5 Å². The Morgan fingerprint density at radius 1 is 1.22 bits per heavy atom. The normalized spacial score (nSPS) is 10.9. The molecule has 0 unspecified atom stereocenters. The van der Waals surface area contributed by atoms with Gasteiger partial charge in [0, 0.05) is 11.6 Å². The van der Waals surface area contributed by atoms with E-state index in [1.54, 1.807) is 6.33 Å². The predicted octanol–water partition coefficient (Wildman–Crippen LogP) is 2.11. The van der Waals surface area contributed by atoms with E-state index in [0.29, 0.717) is 23.0 Å². The van der Waals surface area contributed by atoms with E-state index in [2.05, 4.69) is 15.0 Å². The smallest absolute Gasteiger partial charge is 0.182 e. The summed E-state index contributed by atoms with van der Waals surface area (Å²) in [5, 5.41) is 0.709.